The molecule has 3 heterocycles. The third-order valence-corrected chi connectivity index (χ3v) is 5.39. The maximum absolute atomic E-state index is 12.9. The van der Waals surface area contributed by atoms with Gasteiger partial charge in [0.25, 0.3) is 11.8 Å². The van der Waals surface area contributed by atoms with Crippen LogP contribution in [0.5, 0.6) is 11.5 Å². The summed E-state index contributed by atoms with van der Waals surface area (Å²) in [6, 6.07) is 12.1. The van der Waals surface area contributed by atoms with Gasteiger partial charge in [0.15, 0.2) is 23.9 Å². The van der Waals surface area contributed by atoms with Gasteiger partial charge in [-0.1, -0.05) is 6.07 Å². The molecule has 0 saturated carbocycles. The summed E-state index contributed by atoms with van der Waals surface area (Å²) in [4.78, 5) is 39.3. The number of carbonyl (C=O) groups excluding carboxylic acids is 3. The second-order valence-electron chi connectivity index (χ2n) is 6.71. The normalized spacial score (nSPS) is 12.1. The van der Waals surface area contributed by atoms with Crippen LogP contribution in [0.15, 0.2) is 58.5 Å². The molecule has 9 nitrogen and oxygen atoms in total. The highest BCUT2D eigenvalue weighted by Gasteiger charge is 2.22. The maximum atomic E-state index is 12.9. The number of nitrogens with zero attached hydrogens (tertiary/aromatic N) is 1. The molecule has 2 aromatic heterocycles. The van der Waals surface area contributed by atoms with E-state index in [9.17, 15) is 14.4 Å². The van der Waals surface area contributed by atoms with Crippen molar-refractivity contribution in [1.82, 2.24) is 5.32 Å². The number of nitrogens with one attached hydrogen (secondary N) is 1. The van der Waals surface area contributed by atoms with E-state index in [0.717, 1.165) is 4.88 Å². The summed E-state index contributed by atoms with van der Waals surface area (Å²) < 4.78 is 21.2. The smallest absolute Gasteiger partial charge is 0.325 e. The number of hydrogen-bond acceptors (Lipinski definition) is 8. The summed E-state index contributed by atoms with van der Waals surface area (Å²) in [5, 5.41) is 4.30. The molecule has 1 aliphatic heterocycles. The molecule has 1 N–H and O–H groups in total. The van der Waals surface area contributed by atoms with Gasteiger partial charge in [0, 0.05) is 16.6 Å². The van der Waals surface area contributed by atoms with Crippen LogP contribution >= 0.6 is 11.3 Å². The summed E-state index contributed by atoms with van der Waals surface area (Å²) in [5.41, 5.74) is 0.592. The minimum atomic E-state index is -0.739. The van der Waals surface area contributed by atoms with Crippen LogP contribution < -0.4 is 19.7 Å². The first-order valence-corrected chi connectivity index (χ1v) is 10.7. The summed E-state index contributed by atoms with van der Waals surface area (Å²) in [5.74, 6) is -0.460. The number of rotatable bonds is 8. The number of thiophene rings is 1. The maximum Gasteiger partial charge on any atom is 0.325 e. The van der Waals surface area contributed by atoms with Crippen LogP contribution in [-0.4, -0.2) is 44.1 Å². The number of benzene rings is 1. The molecule has 0 atom stereocenters. The summed E-state index contributed by atoms with van der Waals surface area (Å²) in [7, 11) is 0. The monoisotopic (exact) mass is 456 g/mol. The number of esters is 1. The fourth-order valence-electron chi connectivity index (χ4n) is 3.00. The van der Waals surface area contributed by atoms with E-state index in [2.05, 4.69) is 5.32 Å². The Hall–Kier alpha value is -3.79. The molecule has 3 aromatic rings. The Morgan fingerprint density at radius 3 is 2.66 bits per heavy atom. The van der Waals surface area contributed by atoms with Gasteiger partial charge in [-0.3, -0.25) is 14.4 Å². The van der Waals surface area contributed by atoms with Gasteiger partial charge < -0.3 is 28.8 Å². The van der Waals surface area contributed by atoms with Crippen molar-refractivity contribution in [2.45, 2.75) is 6.54 Å². The van der Waals surface area contributed by atoms with Gasteiger partial charge in [-0.25, -0.2) is 0 Å². The Morgan fingerprint density at radius 1 is 1.06 bits per heavy atom. The SMILES string of the molecule is O=C(CNC(=O)c1ccco1)OCC(=O)N(Cc1cccs1)c1ccc2c(c1)OCCO2. The fraction of sp³-hybridized carbons (Fsp3) is 0.227. The largest absolute Gasteiger partial charge is 0.486 e. The predicted octanol–water partition coefficient (Wildman–Crippen LogP) is 2.62. The molecule has 0 spiro atoms. The highest BCUT2D eigenvalue weighted by atomic mass is 32.1. The van der Waals surface area contributed by atoms with Crippen molar-refractivity contribution in [2.75, 3.05) is 31.3 Å². The highest BCUT2D eigenvalue weighted by Crippen LogP contribution is 2.34. The van der Waals surface area contributed by atoms with Gasteiger partial charge in [0.05, 0.1) is 12.8 Å². The average molecular weight is 456 g/mol. The summed E-state index contributed by atoms with van der Waals surface area (Å²) in [6.07, 6.45) is 1.35. The molecule has 0 fully saturated rings. The number of fused-ring (bicyclic) bond motifs is 1. The fourth-order valence-corrected chi connectivity index (χ4v) is 3.69. The van der Waals surface area contributed by atoms with Crippen LogP contribution in [0.2, 0.25) is 0 Å². The Bertz CT molecular complexity index is 1080. The van der Waals surface area contributed by atoms with Crippen LogP contribution in [-0.2, 0) is 20.9 Å². The van der Waals surface area contributed by atoms with Crippen LogP contribution in [0.3, 0.4) is 0 Å². The topological polar surface area (TPSA) is 107 Å². The minimum Gasteiger partial charge on any atom is -0.486 e. The van der Waals surface area contributed by atoms with E-state index >= 15 is 0 Å². The van der Waals surface area contributed by atoms with E-state index in [0.29, 0.717) is 36.9 Å². The van der Waals surface area contributed by atoms with Gasteiger partial charge in [0.2, 0.25) is 0 Å². The lowest BCUT2D eigenvalue weighted by Crippen LogP contribution is -2.36. The number of carbonyl (C=O) groups is 3. The van der Waals surface area contributed by atoms with Gasteiger partial charge in [-0.2, -0.15) is 0 Å². The Labute approximate surface area is 187 Å². The number of ether oxygens (including phenoxy) is 3. The van der Waals surface area contributed by atoms with E-state index in [4.69, 9.17) is 18.6 Å². The first-order chi connectivity index (χ1) is 15.6. The first-order valence-electron chi connectivity index (χ1n) is 9.80. The minimum absolute atomic E-state index is 0.0783. The zero-order valence-corrected chi connectivity index (χ0v) is 17.8. The summed E-state index contributed by atoms with van der Waals surface area (Å²) >= 11 is 1.51. The molecule has 10 heteroatoms. The molecule has 4 rings (SSSR count). The lowest BCUT2D eigenvalue weighted by atomic mass is 10.2. The predicted molar refractivity (Wildman–Crippen MR) is 115 cm³/mol. The van der Waals surface area contributed by atoms with Gasteiger partial charge in [-0.15, -0.1) is 11.3 Å². The third-order valence-electron chi connectivity index (χ3n) is 4.53. The molecule has 0 saturated heterocycles. The van der Waals surface area contributed by atoms with Crippen molar-refractivity contribution in [3.05, 3.63) is 64.7 Å². The van der Waals surface area contributed by atoms with E-state index in [-0.39, 0.29) is 12.3 Å². The van der Waals surface area contributed by atoms with Gasteiger partial charge in [-0.05, 0) is 35.7 Å². The molecule has 0 bridgehead atoms. The molecule has 1 aliphatic rings. The molecule has 0 radical (unpaired) electrons. The van der Waals surface area contributed by atoms with Crippen molar-refractivity contribution in [1.29, 1.82) is 0 Å². The average Bonchev–Trinajstić information content (AvgIpc) is 3.53. The van der Waals surface area contributed by atoms with E-state index < -0.39 is 24.4 Å². The van der Waals surface area contributed by atoms with Gasteiger partial charge in [0.1, 0.15) is 19.8 Å². The summed E-state index contributed by atoms with van der Waals surface area (Å²) in [6.45, 7) is 0.340. The number of hydrogen-bond donors (Lipinski definition) is 1. The Morgan fingerprint density at radius 2 is 1.91 bits per heavy atom. The molecule has 2 amide bonds. The first kappa shape index (κ1) is 21.4. The third kappa shape index (κ3) is 5.27. The standard InChI is InChI=1S/C22H20N2O7S/c25-20(14-31-21(26)12-23-22(27)18-4-1-7-28-18)24(13-16-3-2-10-32-16)15-5-6-17-19(11-15)30-9-8-29-17/h1-7,10-11H,8-9,12-14H2,(H,23,27). The van der Waals surface area contributed by atoms with E-state index in [1.54, 1.807) is 24.3 Å². The van der Waals surface area contributed by atoms with Crippen LogP contribution in [0.4, 0.5) is 5.69 Å². The molecule has 32 heavy (non-hydrogen) atoms. The Kier molecular flexibility index (Phi) is 6.71. The van der Waals surface area contributed by atoms with Crippen LogP contribution in [0.1, 0.15) is 15.4 Å². The lowest BCUT2D eigenvalue weighted by molar-refractivity contribution is -0.146. The Balaban J connectivity index is 1.39. The van der Waals surface area contributed by atoms with Crippen molar-refractivity contribution >= 4 is 34.8 Å². The zero-order valence-electron chi connectivity index (χ0n) is 16.9. The molecular weight excluding hydrogens is 436 g/mol. The van der Waals surface area contributed by atoms with Crippen molar-refractivity contribution in [2.24, 2.45) is 0 Å². The second kappa shape index (κ2) is 10.0. The molecule has 1 aromatic carbocycles. The molecular formula is C22H20N2O7S. The second-order valence-corrected chi connectivity index (χ2v) is 7.74. The molecule has 166 valence electrons. The zero-order chi connectivity index (χ0) is 22.3. The van der Waals surface area contributed by atoms with Crippen LogP contribution in [0, 0.1) is 0 Å². The highest BCUT2D eigenvalue weighted by molar-refractivity contribution is 7.09. The van der Waals surface area contributed by atoms with E-state index in [1.165, 1.54) is 28.6 Å². The lowest BCUT2D eigenvalue weighted by Gasteiger charge is -2.25. The van der Waals surface area contributed by atoms with Gasteiger partial charge >= 0.3 is 5.97 Å². The van der Waals surface area contributed by atoms with E-state index in [1.807, 2.05) is 17.5 Å². The number of amides is 2. The molecule has 0 aliphatic carbocycles. The molecule has 0 unspecified atom stereocenters. The van der Waals surface area contributed by atoms with Crippen molar-refractivity contribution < 1.29 is 33.0 Å². The van der Waals surface area contributed by atoms with Crippen molar-refractivity contribution in [3.63, 3.8) is 0 Å². The quantitative estimate of drug-likeness (QED) is 0.519. The number of furan rings is 1. The van der Waals surface area contributed by atoms with Crippen LogP contribution in [0.25, 0.3) is 0 Å². The van der Waals surface area contributed by atoms with Crippen molar-refractivity contribution in [3.8, 4) is 11.5 Å². The number of anilines is 1.